The quantitative estimate of drug-likeness (QED) is 0.440. The van der Waals surface area contributed by atoms with E-state index in [4.69, 9.17) is 10.5 Å². The number of unbranched alkanes of at least 4 members (excludes halogenated alkanes) is 5. The van der Waals surface area contributed by atoms with Crippen molar-refractivity contribution in [1.29, 1.82) is 10.5 Å². The summed E-state index contributed by atoms with van der Waals surface area (Å²) in [5, 5.41) is 21.6. The van der Waals surface area contributed by atoms with Crippen LogP contribution in [0.3, 0.4) is 0 Å². The summed E-state index contributed by atoms with van der Waals surface area (Å²) in [6.45, 7) is 0.152. The lowest BCUT2D eigenvalue weighted by atomic mass is 10.1. The highest BCUT2D eigenvalue weighted by Gasteiger charge is 2.01. The van der Waals surface area contributed by atoms with Gasteiger partial charge in [0, 0.05) is 12.8 Å². The summed E-state index contributed by atoms with van der Waals surface area (Å²) in [4.78, 5) is 22.3. The van der Waals surface area contributed by atoms with Crippen LogP contribution in [0.25, 0.3) is 0 Å². The van der Waals surface area contributed by atoms with Crippen molar-refractivity contribution in [3.05, 3.63) is 0 Å². The van der Waals surface area contributed by atoms with Crippen LogP contribution in [0, 0.1) is 22.7 Å². The van der Waals surface area contributed by atoms with Crippen LogP contribution >= 0.6 is 0 Å². The number of carbonyl (C=O) groups excluding carboxylic acids is 2. The zero-order valence-electron chi connectivity index (χ0n) is 11.8. The molecular weight excluding hydrogens is 256 g/mol. The summed E-state index contributed by atoms with van der Waals surface area (Å²) in [6.07, 6.45) is 6.67. The molecule has 0 atom stereocenters. The molecule has 6 heteroatoms. The Kier molecular flexibility index (Phi) is 12.0. The highest BCUT2D eigenvalue weighted by Crippen LogP contribution is 2.08. The molecule has 0 aromatic carbocycles. The number of hydrogen-bond donors (Lipinski definition) is 2. The van der Waals surface area contributed by atoms with Crippen molar-refractivity contribution in [2.75, 3.05) is 13.1 Å². The van der Waals surface area contributed by atoms with Crippen molar-refractivity contribution in [3.8, 4) is 12.1 Å². The van der Waals surface area contributed by atoms with E-state index >= 15 is 0 Å². The first-order chi connectivity index (χ1) is 9.70. The third-order valence-corrected chi connectivity index (χ3v) is 2.79. The normalized spacial score (nSPS) is 9.30. The van der Waals surface area contributed by atoms with E-state index < -0.39 is 0 Å². The van der Waals surface area contributed by atoms with Gasteiger partial charge in [0.25, 0.3) is 0 Å². The van der Waals surface area contributed by atoms with E-state index in [0.717, 1.165) is 38.5 Å². The summed E-state index contributed by atoms with van der Waals surface area (Å²) >= 11 is 0. The van der Waals surface area contributed by atoms with Crippen LogP contribution < -0.4 is 10.6 Å². The van der Waals surface area contributed by atoms with Gasteiger partial charge in [-0.05, 0) is 12.8 Å². The lowest BCUT2D eigenvalue weighted by Gasteiger charge is -2.03. The molecule has 0 aliphatic rings. The Labute approximate surface area is 120 Å². The van der Waals surface area contributed by atoms with Gasteiger partial charge in [-0.2, -0.15) is 10.5 Å². The van der Waals surface area contributed by atoms with Crippen molar-refractivity contribution in [3.63, 3.8) is 0 Å². The van der Waals surface area contributed by atoms with Gasteiger partial charge < -0.3 is 10.6 Å². The third-order valence-electron chi connectivity index (χ3n) is 2.79. The number of nitriles is 2. The molecule has 0 rings (SSSR count). The van der Waals surface area contributed by atoms with Crippen molar-refractivity contribution >= 4 is 11.8 Å². The Hall–Kier alpha value is -2.08. The van der Waals surface area contributed by atoms with E-state index in [1.165, 1.54) is 0 Å². The maximum absolute atomic E-state index is 11.2. The Morgan fingerprint density at radius 3 is 1.40 bits per heavy atom. The van der Waals surface area contributed by atoms with Crippen molar-refractivity contribution in [1.82, 2.24) is 10.6 Å². The van der Waals surface area contributed by atoms with Gasteiger partial charge in [0.05, 0.1) is 12.1 Å². The van der Waals surface area contributed by atoms with Gasteiger partial charge in [-0.1, -0.05) is 25.7 Å². The first kappa shape index (κ1) is 17.9. The van der Waals surface area contributed by atoms with Gasteiger partial charge in [0.15, 0.2) is 0 Å². The molecule has 0 unspecified atom stereocenters. The molecule has 110 valence electrons. The average molecular weight is 278 g/mol. The summed E-state index contributed by atoms with van der Waals surface area (Å²) < 4.78 is 0. The minimum absolute atomic E-state index is 0.0688. The molecule has 0 aromatic heterocycles. The summed E-state index contributed by atoms with van der Waals surface area (Å²) in [7, 11) is 0. The summed E-state index contributed by atoms with van der Waals surface area (Å²) in [6, 6.07) is 3.73. The van der Waals surface area contributed by atoms with E-state index in [9.17, 15) is 9.59 Å². The van der Waals surface area contributed by atoms with E-state index in [2.05, 4.69) is 10.6 Å². The van der Waals surface area contributed by atoms with E-state index in [1.807, 2.05) is 12.1 Å². The number of amides is 2. The number of carbonyl (C=O) groups is 2. The maximum atomic E-state index is 11.2. The molecule has 0 radical (unpaired) electrons. The molecule has 0 saturated heterocycles. The van der Waals surface area contributed by atoms with Gasteiger partial charge in [-0.3, -0.25) is 9.59 Å². The first-order valence-corrected chi connectivity index (χ1v) is 6.98. The van der Waals surface area contributed by atoms with Gasteiger partial charge in [0.2, 0.25) is 11.8 Å². The lowest BCUT2D eigenvalue weighted by Crippen LogP contribution is -2.23. The van der Waals surface area contributed by atoms with Gasteiger partial charge in [-0.15, -0.1) is 0 Å². The minimum atomic E-state index is -0.0688. The SMILES string of the molecule is N#CCNC(=O)CCCCCCCCC(=O)NCC#N. The molecule has 20 heavy (non-hydrogen) atoms. The Bertz CT molecular complexity index is 332. The second-order valence-electron chi connectivity index (χ2n) is 4.49. The standard InChI is InChI=1S/C14H22N4O2/c15-9-11-17-13(19)7-5-3-1-2-4-6-8-14(20)18-12-10-16/h1-8,11-12H2,(H,17,19)(H,18,20). The molecule has 2 N–H and O–H groups in total. The topological polar surface area (TPSA) is 106 Å². The van der Waals surface area contributed by atoms with Crippen LogP contribution in [0.2, 0.25) is 0 Å². The zero-order chi connectivity index (χ0) is 15.1. The summed E-state index contributed by atoms with van der Waals surface area (Å²) in [5.41, 5.74) is 0. The lowest BCUT2D eigenvalue weighted by molar-refractivity contribution is -0.121. The maximum Gasteiger partial charge on any atom is 0.220 e. The van der Waals surface area contributed by atoms with Crippen LogP contribution in [0.5, 0.6) is 0 Å². The molecule has 0 bridgehead atoms. The molecule has 0 spiro atoms. The van der Waals surface area contributed by atoms with E-state index in [1.54, 1.807) is 0 Å². The van der Waals surface area contributed by atoms with Crippen molar-refractivity contribution < 1.29 is 9.59 Å². The average Bonchev–Trinajstić information content (AvgIpc) is 2.45. The van der Waals surface area contributed by atoms with E-state index in [0.29, 0.717) is 12.8 Å². The van der Waals surface area contributed by atoms with Crippen molar-refractivity contribution in [2.24, 2.45) is 0 Å². The monoisotopic (exact) mass is 278 g/mol. The fourth-order valence-electron chi connectivity index (χ4n) is 1.73. The number of rotatable bonds is 11. The Morgan fingerprint density at radius 1 is 0.700 bits per heavy atom. The van der Waals surface area contributed by atoms with Gasteiger partial charge >= 0.3 is 0 Å². The van der Waals surface area contributed by atoms with E-state index in [-0.39, 0.29) is 24.9 Å². The number of nitrogens with one attached hydrogen (secondary N) is 2. The molecule has 0 aliphatic carbocycles. The van der Waals surface area contributed by atoms with Gasteiger partial charge in [0.1, 0.15) is 13.1 Å². The number of nitrogens with zero attached hydrogens (tertiary/aromatic N) is 2. The Balaban J connectivity index is 3.25. The number of hydrogen-bond acceptors (Lipinski definition) is 4. The fourth-order valence-corrected chi connectivity index (χ4v) is 1.73. The minimum Gasteiger partial charge on any atom is -0.343 e. The van der Waals surface area contributed by atoms with Crippen LogP contribution in [0.4, 0.5) is 0 Å². The second-order valence-corrected chi connectivity index (χ2v) is 4.49. The van der Waals surface area contributed by atoms with Crippen molar-refractivity contribution in [2.45, 2.75) is 51.4 Å². The van der Waals surface area contributed by atoms with Crippen LogP contribution in [-0.4, -0.2) is 24.9 Å². The summed E-state index contributed by atoms with van der Waals surface area (Å²) in [5.74, 6) is -0.138. The Morgan fingerprint density at radius 2 is 1.05 bits per heavy atom. The fraction of sp³-hybridized carbons (Fsp3) is 0.714. The molecular formula is C14H22N4O2. The third kappa shape index (κ3) is 12.4. The predicted molar refractivity (Wildman–Crippen MR) is 74.2 cm³/mol. The zero-order valence-corrected chi connectivity index (χ0v) is 11.8. The molecule has 0 heterocycles. The van der Waals surface area contributed by atoms with Crippen LogP contribution in [0.15, 0.2) is 0 Å². The molecule has 0 fully saturated rings. The smallest absolute Gasteiger partial charge is 0.220 e. The largest absolute Gasteiger partial charge is 0.343 e. The highest BCUT2D eigenvalue weighted by molar-refractivity contribution is 5.76. The van der Waals surface area contributed by atoms with Gasteiger partial charge in [-0.25, -0.2) is 0 Å². The van der Waals surface area contributed by atoms with Crippen LogP contribution in [-0.2, 0) is 9.59 Å². The van der Waals surface area contributed by atoms with Crippen LogP contribution in [0.1, 0.15) is 51.4 Å². The molecule has 2 amide bonds. The molecule has 0 saturated carbocycles. The molecule has 6 nitrogen and oxygen atoms in total. The predicted octanol–water partition coefficient (Wildman–Crippen LogP) is 1.39. The molecule has 0 aliphatic heterocycles. The molecule has 0 aromatic rings. The highest BCUT2D eigenvalue weighted by atomic mass is 16.2. The second kappa shape index (κ2) is 13.4. The first-order valence-electron chi connectivity index (χ1n) is 6.98.